The topological polar surface area (TPSA) is 102 Å². The molecule has 1 unspecified atom stereocenters. The summed E-state index contributed by atoms with van der Waals surface area (Å²) in [5, 5.41) is 5.33. The summed E-state index contributed by atoms with van der Waals surface area (Å²) in [6, 6.07) is 2.59. The van der Waals surface area contributed by atoms with Crippen molar-refractivity contribution in [3.63, 3.8) is 0 Å². The van der Waals surface area contributed by atoms with E-state index in [4.69, 9.17) is 16.3 Å². The van der Waals surface area contributed by atoms with Crippen molar-refractivity contribution in [1.29, 1.82) is 0 Å². The van der Waals surface area contributed by atoms with Crippen LogP contribution in [0, 0.1) is 6.92 Å². The van der Waals surface area contributed by atoms with Gasteiger partial charge in [0, 0.05) is 17.1 Å². The fraction of sp³-hybridized carbons (Fsp3) is 0.429. The molecule has 1 saturated heterocycles. The predicted octanol–water partition coefficient (Wildman–Crippen LogP) is 0.899. The maximum atomic E-state index is 12.0. The highest BCUT2D eigenvalue weighted by molar-refractivity contribution is 7.91. The molecule has 2 amide bonds. The smallest absolute Gasteiger partial charge is 0.313 e. The monoisotopic (exact) mass is 360 g/mol. The number of carbonyl (C=O) groups excluding carboxylic acids is 2. The molecule has 126 valence electrons. The Labute approximate surface area is 139 Å². The number of benzene rings is 1. The third-order valence-electron chi connectivity index (χ3n) is 3.50. The van der Waals surface area contributed by atoms with Gasteiger partial charge in [-0.2, -0.15) is 0 Å². The number of nitrogens with one attached hydrogen (secondary N) is 2. The second-order valence-electron chi connectivity index (χ2n) is 5.33. The summed E-state index contributed by atoms with van der Waals surface area (Å²) in [7, 11) is -1.71. The molecule has 1 aliphatic rings. The first-order chi connectivity index (χ1) is 10.7. The molecular weight excluding hydrogens is 344 g/mol. The molecule has 0 saturated carbocycles. The Hall–Kier alpha value is -1.80. The Kier molecular flexibility index (Phi) is 5.16. The van der Waals surface area contributed by atoms with E-state index < -0.39 is 27.7 Å². The van der Waals surface area contributed by atoms with Crippen molar-refractivity contribution < 1.29 is 22.7 Å². The molecule has 2 N–H and O–H groups in total. The van der Waals surface area contributed by atoms with Gasteiger partial charge in [0.05, 0.1) is 24.3 Å². The maximum absolute atomic E-state index is 12.0. The molecule has 0 radical (unpaired) electrons. The van der Waals surface area contributed by atoms with Crippen molar-refractivity contribution in [2.45, 2.75) is 19.4 Å². The minimum atomic E-state index is -3.13. The Balaban J connectivity index is 2.04. The average Bonchev–Trinajstić information content (AvgIpc) is 2.81. The lowest BCUT2D eigenvalue weighted by Gasteiger charge is -2.13. The zero-order valence-electron chi connectivity index (χ0n) is 12.7. The summed E-state index contributed by atoms with van der Waals surface area (Å²) in [5.41, 5.74) is 1.03. The third kappa shape index (κ3) is 4.35. The second kappa shape index (κ2) is 6.76. The fourth-order valence-electron chi connectivity index (χ4n) is 2.27. The van der Waals surface area contributed by atoms with E-state index in [0.717, 1.165) is 0 Å². The maximum Gasteiger partial charge on any atom is 0.313 e. The van der Waals surface area contributed by atoms with Gasteiger partial charge in [0.1, 0.15) is 5.75 Å². The van der Waals surface area contributed by atoms with Crippen LogP contribution in [0.5, 0.6) is 5.75 Å². The van der Waals surface area contributed by atoms with E-state index in [1.807, 2.05) is 0 Å². The van der Waals surface area contributed by atoms with Crippen LogP contribution in [0.2, 0.25) is 5.02 Å². The Morgan fingerprint density at radius 3 is 2.57 bits per heavy atom. The number of hydrogen-bond donors (Lipinski definition) is 2. The SMILES string of the molecule is COc1cc(Cl)c(C)cc1NC(=O)C(=O)NC1CCS(=O)(=O)C1. The number of halogens is 1. The zero-order chi connectivity index (χ0) is 17.2. The van der Waals surface area contributed by atoms with Gasteiger partial charge in [-0.3, -0.25) is 9.59 Å². The molecule has 1 aromatic carbocycles. The highest BCUT2D eigenvalue weighted by atomic mass is 35.5. The van der Waals surface area contributed by atoms with Crippen molar-refractivity contribution in [2.24, 2.45) is 0 Å². The van der Waals surface area contributed by atoms with Crippen LogP contribution in [0.15, 0.2) is 12.1 Å². The van der Waals surface area contributed by atoms with Gasteiger partial charge in [-0.25, -0.2) is 8.42 Å². The van der Waals surface area contributed by atoms with E-state index in [0.29, 0.717) is 28.4 Å². The first-order valence-corrected chi connectivity index (χ1v) is 9.08. The van der Waals surface area contributed by atoms with Gasteiger partial charge in [0.15, 0.2) is 9.84 Å². The number of sulfone groups is 1. The predicted molar refractivity (Wildman–Crippen MR) is 86.6 cm³/mol. The largest absolute Gasteiger partial charge is 0.495 e. The van der Waals surface area contributed by atoms with Gasteiger partial charge in [-0.15, -0.1) is 0 Å². The minimum absolute atomic E-state index is 0.0176. The highest BCUT2D eigenvalue weighted by Gasteiger charge is 2.30. The van der Waals surface area contributed by atoms with Crippen molar-refractivity contribution in [1.82, 2.24) is 5.32 Å². The van der Waals surface area contributed by atoms with Crippen LogP contribution in [0.3, 0.4) is 0 Å². The number of carbonyl (C=O) groups is 2. The standard InChI is InChI=1S/C14H17ClN2O5S/c1-8-5-11(12(22-2)6-10(8)15)17-14(19)13(18)16-9-3-4-23(20,21)7-9/h5-6,9H,3-4,7H2,1-2H3,(H,16,18)(H,17,19). The normalized spacial score (nSPS) is 19.2. The van der Waals surface area contributed by atoms with Crippen molar-refractivity contribution in [3.05, 3.63) is 22.7 Å². The quantitative estimate of drug-likeness (QED) is 0.780. The summed E-state index contributed by atoms with van der Waals surface area (Å²) >= 11 is 5.97. The molecule has 2 rings (SSSR count). The van der Waals surface area contributed by atoms with Crippen molar-refractivity contribution in [2.75, 3.05) is 23.9 Å². The number of hydrogen-bond acceptors (Lipinski definition) is 5. The number of amides is 2. The lowest BCUT2D eigenvalue weighted by atomic mass is 10.2. The molecule has 9 heteroatoms. The molecule has 0 spiro atoms. The number of aryl methyl sites for hydroxylation is 1. The van der Waals surface area contributed by atoms with Crippen molar-refractivity contribution in [3.8, 4) is 5.75 Å². The lowest BCUT2D eigenvalue weighted by Crippen LogP contribution is -2.42. The van der Waals surface area contributed by atoms with Gasteiger partial charge in [0.2, 0.25) is 0 Å². The first-order valence-electron chi connectivity index (χ1n) is 6.88. The van der Waals surface area contributed by atoms with Crippen LogP contribution in [-0.2, 0) is 19.4 Å². The summed E-state index contributed by atoms with van der Waals surface area (Å²) in [4.78, 5) is 23.8. The van der Waals surface area contributed by atoms with Gasteiger partial charge in [0.25, 0.3) is 0 Å². The van der Waals surface area contributed by atoms with Gasteiger partial charge in [-0.1, -0.05) is 11.6 Å². The van der Waals surface area contributed by atoms with E-state index in [2.05, 4.69) is 10.6 Å². The number of anilines is 1. The van der Waals surface area contributed by atoms with Crippen LogP contribution >= 0.6 is 11.6 Å². The second-order valence-corrected chi connectivity index (χ2v) is 7.97. The molecule has 7 nitrogen and oxygen atoms in total. The zero-order valence-corrected chi connectivity index (χ0v) is 14.3. The number of rotatable bonds is 3. The Morgan fingerprint density at radius 2 is 2.00 bits per heavy atom. The lowest BCUT2D eigenvalue weighted by molar-refractivity contribution is -0.136. The van der Waals surface area contributed by atoms with E-state index in [1.165, 1.54) is 13.2 Å². The Bertz CT molecular complexity index is 748. The van der Waals surface area contributed by atoms with Crippen LogP contribution < -0.4 is 15.4 Å². The summed E-state index contributed by atoms with van der Waals surface area (Å²) in [6.45, 7) is 1.75. The molecule has 0 bridgehead atoms. The average molecular weight is 361 g/mol. The van der Waals surface area contributed by atoms with E-state index in [1.54, 1.807) is 13.0 Å². The Morgan fingerprint density at radius 1 is 1.30 bits per heavy atom. The first kappa shape index (κ1) is 17.6. The van der Waals surface area contributed by atoms with Crippen LogP contribution in [0.1, 0.15) is 12.0 Å². The molecule has 23 heavy (non-hydrogen) atoms. The van der Waals surface area contributed by atoms with Crippen LogP contribution in [0.4, 0.5) is 5.69 Å². The molecule has 1 atom stereocenters. The molecule has 1 aliphatic heterocycles. The van der Waals surface area contributed by atoms with Crippen LogP contribution in [0.25, 0.3) is 0 Å². The van der Waals surface area contributed by atoms with E-state index in [9.17, 15) is 18.0 Å². The number of ether oxygens (including phenoxy) is 1. The molecule has 1 heterocycles. The third-order valence-corrected chi connectivity index (χ3v) is 5.68. The number of methoxy groups -OCH3 is 1. The van der Waals surface area contributed by atoms with Gasteiger partial charge in [-0.05, 0) is 25.0 Å². The van der Waals surface area contributed by atoms with Crippen LogP contribution in [-0.4, -0.2) is 44.9 Å². The molecule has 1 aromatic rings. The van der Waals surface area contributed by atoms with Gasteiger partial charge >= 0.3 is 11.8 Å². The fourth-order valence-corrected chi connectivity index (χ4v) is 4.10. The van der Waals surface area contributed by atoms with Crippen molar-refractivity contribution >= 4 is 38.9 Å². The van der Waals surface area contributed by atoms with E-state index >= 15 is 0 Å². The minimum Gasteiger partial charge on any atom is -0.495 e. The molecular formula is C14H17ClN2O5S. The van der Waals surface area contributed by atoms with Gasteiger partial charge < -0.3 is 15.4 Å². The molecule has 0 aliphatic carbocycles. The summed E-state index contributed by atoms with van der Waals surface area (Å²) in [6.07, 6.45) is 0.310. The highest BCUT2D eigenvalue weighted by Crippen LogP contribution is 2.30. The summed E-state index contributed by atoms with van der Waals surface area (Å²) in [5.74, 6) is -1.58. The molecule has 1 fully saturated rings. The molecule has 0 aromatic heterocycles. The van der Waals surface area contributed by atoms with E-state index in [-0.39, 0.29) is 11.5 Å². The summed E-state index contributed by atoms with van der Waals surface area (Å²) < 4.78 is 27.8.